The Morgan fingerprint density at radius 3 is 2.75 bits per heavy atom. The van der Waals surface area contributed by atoms with Gasteiger partial charge in [0.05, 0.1) is 19.8 Å². The number of ether oxygens (including phenoxy) is 1. The third-order valence-corrected chi connectivity index (χ3v) is 4.55. The fraction of sp³-hybridized carbons (Fsp3) is 0.529. The van der Waals surface area contributed by atoms with E-state index in [0.717, 1.165) is 55.3 Å². The molecule has 0 unspecified atom stereocenters. The van der Waals surface area contributed by atoms with Gasteiger partial charge in [0.25, 0.3) is 0 Å². The van der Waals surface area contributed by atoms with Gasteiger partial charge in [0, 0.05) is 31.9 Å². The molecule has 0 radical (unpaired) electrons. The predicted octanol–water partition coefficient (Wildman–Crippen LogP) is 1.83. The summed E-state index contributed by atoms with van der Waals surface area (Å²) in [5.74, 6) is 2.45. The lowest BCUT2D eigenvalue weighted by Crippen LogP contribution is -2.35. The number of nitrogens with zero attached hydrogens (tertiary/aromatic N) is 4. The van der Waals surface area contributed by atoms with Gasteiger partial charge in [-0.05, 0) is 31.4 Å². The summed E-state index contributed by atoms with van der Waals surface area (Å²) < 4.78 is 7.33. The average Bonchev–Trinajstić information content (AvgIpc) is 2.92. The number of nitrogens with one attached hydrogen (secondary N) is 1. The Hall–Kier alpha value is -2.12. The fourth-order valence-electron chi connectivity index (χ4n) is 2.91. The van der Waals surface area contributed by atoms with Crippen LogP contribution in [0, 0.1) is 6.92 Å². The minimum absolute atomic E-state index is 0.158. The van der Waals surface area contributed by atoms with E-state index in [1.165, 1.54) is 0 Å². The van der Waals surface area contributed by atoms with Crippen LogP contribution in [-0.2, 0) is 13.6 Å². The van der Waals surface area contributed by atoms with Crippen molar-refractivity contribution in [2.24, 2.45) is 7.05 Å². The van der Waals surface area contributed by atoms with Gasteiger partial charge in [0.15, 0.2) is 0 Å². The van der Waals surface area contributed by atoms with Crippen molar-refractivity contribution in [2.45, 2.75) is 32.4 Å². The minimum atomic E-state index is -0.158. The Morgan fingerprint density at radius 1 is 1.29 bits per heavy atom. The Labute approximate surface area is 142 Å². The van der Waals surface area contributed by atoms with Crippen LogP contribution in [0.2, 0.25) is 0 Å². The normalized spacial score (nSPS) is 16.3. The number of aliphatic hydroxyl groups is 1. The number of hydrogen-bond acceptors (Lipinski definition) is 6. The van der Waals surface area contributed by atoms with Crippen molar-refractivity contribution in [3.63, 3.8) is 0 Å². The van der Waals surface area contributed by atoms with Gasteiger partial charge < -0.3 is 15.2 Å². The standard InChI is InChI=1S/C17H25N5O2/c1-12-4-5-13(10-15(12)24-3)18-17-20-19-16(21(17)2)11-22-8-6-14(23)7-9-22/h4-5,10,14,23H,6-9,11H2,1-3H3,(H,18,20). The van der Waals surface area contributed by atoms with Crippen molar-refractivity contribution in [2.75, 3.05) is 25.5 Å². The number of methoxy groups -OCH3 is 1. The number of likely N-dealkylation sites (tertiary alicyclic amines) is 1. The molecule has 0 amide bonds. The lowest BCUT2D eigenvalue weighted by molar-refractivity contribution is 0.0776. The fourth-order valence-corrected chi connectivity index (χ4v) is 2.91. The molecule has 2 heterocycles. The molecule has 0 saturated carbocycles. The molecule has 1 aliphatic heterocycles. The summed E-state index contributed by atoms with van der Waals surface area (Å²) >= 11 is 0. The lowest BCUT2D eigenvalue weighted by Gasteiger charge is -2.28. The van der Waals surface area contributed by atoms with Crippen LogP contribution in [0.4, 0.5) is 11.6 Å². The zero-order valence-electron chi connectivity index (χ0n) is 14.5. The Bertz CT molecular complexity index is 692. The highest BCUT2D eigenvalue weighted by Crippen LogP contribution is 2.24. The van der Waals surface area contributed by atoms with Crippen molar-refractivity contribution in [3.8, 4) is 5.75 Å². The number of aryl methyl sites for hydroxylation is 1. The van der Waals surface area contributed by atoms with E-state index in [9.17, 15) is 5.11 Å². The molecule has 1 fully saturated rings. The second kappa shape index (κ2) is 7.19. The topological polar surface area (TPSA) is 75.4 Å². The zero-order chi connectivity index (χ0) is 17.1. The Balaban J connectivity index is 1.68. The van der Waals surface area contributed by atoms with Gasteiger partial charge in [0.2, 0.25) is 5.95 Å². The molecule has 2 aromatic rings. The minimum Gasteiger partial charge on any atom is -0.496 e. The van der Waals surface area contributed by atoms with Gasteiger partial charge >= 0.3 is 0 Å². The van der Waals surface area contributed by atoms with E-state index in [4.69, 9.17) is 4.74 Å². The molecule has 2 N–H and O–H groups in total. The summed E-state index contributed by atoms with van der Waals surface area (Å²) in [6.07, 6.45) is 1.49. The monoisotopic (exact) mass is 331 g/mol. The van der Waals surface area contributed by atoms with E-state index < -0.39 is 0 Å². The smallest absolute Gasteiger partial charge is 0.228 e. The first-order chi connectivity index (χ1) is 11.6. The van der Waals surface area contributed by atoms with Crippen LogP contribution < -0.4 is 10.1 Å². The second-order valence-electron chi connectivity index (χ2n) is 6.32. The SMILES string of the molecule is COc1cc(Nc2nnc(CN3CCC(O)CC3)n2C)ccc1C. The summed E-state index contributed by atoms with van der Waals surface area (Å²) in [7, 11) is 3.63. The third-order valence-electron chi connectivity index (χ3n) is 4.55. The largest absolute Gasteiger partial charge is 0.496 e. The quantitative estimate of drug-likeness (QED) is 0.871. The second-order valence-corrected chi connectivity index (χ2v) is 6.32. The highest BCUT2D eigenvalue weighted by molar-refractivity contribution is 5.57. The summed E-state index contributed by atoms with van der Waals surface area (Å²) in [5, 5.41) is 21.4. The number of piperidine rings is 1. The molecule has 0 atom stereocenters. The molecule has 130 valence electrons. The number of benzene rings is 1. The summed E-state index contributed by atoms with van der Waals surface area (Å²) in [5.41, 5.74) is 2.01. The van der Waals surface area contributed by atoms with Gasteiger partial charge in [0.1, 0.15) is 11.6 Å². The summed E-state index contributed by atoms with van der Waals surface area (Å²) in [6.45, 7) is 4.55. The number of rotatable bonds is 5. The van der Waals surface area contributed by atoms with Crippen molar-refractivity contribution >= 4 is 11.6 Å². The lowest BCUT2D eigenvalue weighted by atomic mass is 10.1. The summed E-state index contributed by atoms with van der Waals surface area (Å²) in [6, 6.07) is 5.96. The molecule has 3 rings (SSSR count). The van der Waals surface area contributed by atoms with E-state index in [0.29, 0.717) is 5.95 Å². The van der Waals surface area contributed by atoms with Gasteiger partial charge in [-0.2, -0.15) is 0 Å². The molecule has 1 aliphatic rings. The van der Waals surface area contributed by atoms with Crippen LogP contribution in [0.25, 0.3) is 0 Å². The van der Waals surface area contributed by atoms with Gasteiger partial charge in [-0.15, -0.1) is 10.2 Å². The van der Waals surface area contributed by atoms with E-state index in [1.54, 1.807) is 7.11 Å². The molecule has 1 aromatic heterocycles. The first kappa shape index (κ1) is 16.7. The van der Waals surface area contributed by atoms with Crippen LogP contribution in [0.15, 0.2) is 18.2 Å². The molecular weight excluding hydrogens is 306 g/mol. The first-order valence-electron chi connectivity index (χ1n) is 8.27. The van der Waals surface area contributed by atoms with E-state index in [2.05, 4.69) is 20.4 Å². The van der Waals surface area contributed by atoms with Crippen LogP contribution >= 0.6 is 0 Å². The molecule has 0 bridgehead atoms. The van der Waals surface area contributed by atoms with E-state index >= 15 is 0 Å². The molecule has 0 aliphatic carbocycles. The Morgan fingerprint density at radius 2 is 2.04 bits per heavy atom. The highest BCUT2D eigenvalue weighted by Gasteiger charge is 2.19. The maximum Gasteiger partial charge on any atom is 0.228 e. The number of hydrogen-bond donors (Lipinski definition) is 2. The molecule has 0 spiro atoms. The third kappa shape index (κ3) is 3.68. The zero-order valence-corrected chi connectivity index (χ0v) is 14.5. The maximum absolute atomic E-state index is 9.60. The molecule has 1 aromatic carbocycles. The van der Waals surface area contributed by atoms with Crippen LogP contribution in [-0.4, -0.2) is 51.1 Å². The molecule has 24 heavy (non-hydrogen) atoms. The summed E-state index contributed by atoms with van der Waals surface area (Å²) in [4.78, 5) is 2.30. The Kier molecular flexibility index (Phi) is 5.01. The molecule has 7 heteroatoms. The van der Waals surface area contributed by atoms with Crippen molar-refractivity contribution < 1.29 is 9.84 Å². The first-order valence-corrected chi connectivity index (χ1v) is 8.27. The number of aliphatic hydroxyl groups excluding tert-OH is 1. The number of aromatic nitrogens is 3. The van der Waals surface area contributed by atoms with Crippen LogP contribution in [0.1, 0.15) is 24.2 Å². The van der Waals surface area contributed by atoms with Crippen molar-refractivity contribution in [3.05, 3.63) is 29.6 Å². The van der Waals surface area contributed by atoms with Gasteiger partial charge in [-0.3, -0.25) is 9.47 Å². The predicted molar refractivity (Wildman–Crippen MR) is 92.5 cm³/mol. The van der Waals surface area contributed by atoms with E-state index in [1.807, 2.05) is 36.7 Å². The maximum atomic E-state index is 9.60. The molecular formula is C17H25N5O2. The highest BCUT2D eigenvalue weighted by atomic mass is 16.5. The van der Waals surface area contributed by atoms with Crippen LogP contribution in [0.3, 0.4) is 0 Å². The van der Waals surface area contributed by atoms with Crippen molar-refractivity contribution in [1.29, 1.82) is 0 Å². The van der Waals surface area contributed by atoms with E-state index in [-0.39, 0.29) is 6.10 Å². The molecule has 7 nitrogen and oxygen atoms in total. The number of anilines is 2. The van der Waals surface area contributed by atoms with Crippen molar-refractivity contribution in [1.82, 2.24) is 19.7 Å². The molecule has 1 saturated heterocycles. The average molecular weight is 331 g/mol. The van der Waals surface area contributed by atoms with Gasteiger partial charge in [-0.25, -0.2) is 0 Å². The van der Waals surface area contributed by atoms with Crippen LogP contribution in [0.5, 0.6) is 5.75 Å². The van der Waals surface area contributed by atoms with Gasteiger partial charge in [-0.1, -0.05) is 6.07 Å².